The Bertz CT molecular complexity index is 181. The number of rotatable bonds is 0. The largest absolute Gasteiger partial charge is 0.282 e. The molecule has 1 aliphatic heterocycles. The third-order valence-corrected chi connectivity index (χ3v) is 1.68. The lowest BCUT2D eigenvalue weighted by Gasteiger charge is -1.78. The maximum atomic E-state index is 10.5. The molecule has 1 aliphatic rings. The molecule has 1 heterocycles. The zero-order chi connectivity index (χ0) is 6.15. The highest BCUT2D eigenvalue weighted by Gasteiger charge is 2.18. The molecule has 0 saturated carbocycles. The molecule has 0 bridgehead atoms. The van der Waals surface area contributed by atoms with Gasteiger partial charge in [-0.15, -0.1) is 0 Å². The van der Waals surface area contributed by atoms with Crippen molar-refractivity contribution in [3.05, 3.63) is 11.6 Å². The standard InChI is InChI=1S/C5H4O2S/c1-3-2-4(6)8-5(3)7/h2H,1H3. The Balaban J connectivity index is 2.88. The van der Waals surface area contributed by atoms with Crippen molar-refractivity contribution in [2.75, 3.05) is 0 Å². The fraction of sp³-hybridized carbons (Fsp3) is 0.200. The van der Waals surface area contributed by atoms with Gasteiger partial charge in [0.1, 0.15) is 0 Å². The molecular formula is C5H4O2S. The maximum Gasteiger partial charge on any atom is 0.223 e. The van der Waals surface area contributed by atoms with Crippen molar-refractivity contribution in [2.45, 2.75) is 6.92 Å². The molecule has 0 aromatic heterocycles. The van der Waals surface area contributed by atoms with Crippen LogP contribution in [0.1, 0.15) is 6.92 Å². The average Bonchev–Trinajstić information content (AvgIpc) is 1.85. The Hall–Kier alpha value is -0.570. The van der Waals surface area contributed by atoms with E-state index in [1.54, 1.807) is 6.92 Å². The van der Waals surface area contributed by atoms with Crippen LogP contribution in [0.2, 0.25) is 0 Å². The van der Waals surface area contributed by atoms with Crippen LogP contribution in [0.4, 0.5) is 0 Å². The van der Waals surface area contributed by atoms with Gasteiger partial charge in [-0.1, -0.05) is 0 Å². The van der Waals surface area contributed by atoms with E-state index in [1.807, 2.05) is 0 Å². The van der Waals surface area contributed by atoms with Crippen molar-refractivity contribution in [1.82, 2.24) is 0 Å². The summed E-state index contributed by atoms with van der Waals surface area (Å²) in [6, 6.07) is 0. The highest BCUT2D eigenvalue weighted by atomic mass is 32.2. The summed E-state index contributed by atoms with van der Waals surface area (Å²) in [7, 11) is 0. The molecule has 1 rings (SSSR count). The summed E-state index contributed by atoms with van der Waals surface area (Å²) in [5.41, 5.74) is 0.556. The molecule has 0 saturated heterocycles. The van der Waals surface area contributed by atoms with Crippen molar-refractivity contribution in [2.24, 2.45) is 0 Å². The Kier molecular flexibility index (Phi) is 1.21. The molecule has 42 valence electrons. The van der Waals surface area contributed by atoms with E-state index in [0.717, 1.165) is 11.8 Å². The maximum absolute atomic E-state index is 10.5. The second-order valence-corrected chi connectivity index (χ2v) is 2.51. The van der Waals surface area contributed by atoms with Crippen LogP contribution in [-0.2, 0) is 9.59 Å². The van der Waals surface area contributed by atoms with Crippen LogP contribution in [0.5, 0.6) is 0 Å². The number of carbonyl (C=O) groups excluding carboxylic acids is 2. The lowest BCUT2D eigenvalue weighted by Crippen LogP contribution is -1.84. The van der Waals surface area contributed by atoms with Crippen LogP contribution in [0.3, 0.4) is 0 Å². The fourth-order valence-electron chi connectivity index (χ4n) is 0.437. The van der Waals surface area contributed by atoms with E-state index in [1.165, 1.54) is 6.08 Å². The highest BCUT2D eigenvalue weighted by molar-refractivity contribution is 8.27. The van der Waals surface area contributed by atoms with Crippen LogP contribution in [0.15, 0.2) is 11.6 Å². The van der Waals surface area contributed by atoms with Crippen molar-refractivity contribution >= 4 is 22.0 Å². The highest BCUT2D eigenvalue weighted by Crippen LogP contribution is 2.19. The second kappa shape index (κ2) is 1.74. The summed E-state index contributed by atoms with van der Waals surface area (Å²) in [6.45, 7) is 1.64. The van der Waals surface area contributed by atoms with Gasteiger partial charge in [-0.2, -0.15) is 0 Å². The molecule has 0 unspecified atom stereocenters. The van der Waals surface area contributed by atoms with Gasteiger partial charge in [-0.25, -0.2) is 0 Å². The van der Waals surface area contributed by atoms with Crippen molar-refractivity contribution in [1.29, 1.82) is 0 Å². The average molecular weight is 128 g/mol. The topological polar surface area (TPSA) is 34.1 Å². The Morgan fingerprint density at radius 3 is 2.25 bits per heavy atom. The van der Waals surface area contributed by atoms with E-state index in [0.29, 0.717) is 5.57 Å². The molecule has 0 amide bonds. The zero-order valence-electron chi connectivity index (χ0n) is 4.30. The summed E-state index contributed by atoms with van der Waals surface area (Å²) in [5.74, 6) is 0. The number of hydrogen-bond acceptors (Lipinski definition) is 3. The molecule has 2 nitrogen and oxygen atoms in total. The molecule has 0 radical (unpaired) electrons. The Labute approximate surface area is 50.9 Å². The van der Waals surface area contributed by atoms with Gasteiger partial charge in [-0.05, 0) is 18.7 Å². The molecule has 8 heavy (non-hydrogen) atoms. The first kappa shape index (κ1) is 5.56. The van der Waals surface area contributed by atoms with Crippen LogP contribution < -0.4 is 0 Å². The second-order valence-electron chi connectivity index (χ2n) is 1.54. The van der Waals surface area contributed by atoms with E-state index in [4.69, 9.17) is 0 Å². The summed E-state index contributed by atoms with van der Waals surface area (Å²) >= 11 is 0.758. The third kappa shape index (κ3) is 0.816. The van der Waals surface area contributed by atoms with Gasteiger partial charge in [-0.3, -0.25) is 9.59 Å². The van der Waals surface area contributed by atoms with Crippen LogP contribution >= 0.6 is 11.8 Å². The van der Waals surface area contributed by atoms with Crippen molar-refractivity contribution in [3.63, 3.8) is 0 Å². The SMILES string of the molecule is CC1=CC(=O)SC1=O. The van der Waals surface area contributed by atoms with Crippen LogP contribution in [0, 0.1) is 0 Å². The lowest BCUT2D eigenvalue weighted by molar-refractivity contribution is -0.108. The van der Waals surface area contributed by atoms with Gasteiger partial charge >= 0.3 is 0 Å². The molecule has 0 spiro atoms. The Morgan fingerprint density at radius 1 is 1.50 bits per heavy atom. The lowest BCUT2D eigenvalue weighted by atomic mass is 10.3. The van der Waals surface area contributed by atoms with E-state index in [2.05, 4.69) is 0 Å². The first-order chi connectivity index (χ1) is 3.70. The monoisotopic (exact) mass is 128 g/mol. The van der Waals surface area contributed by atoms with Crippen LogP contribution in [0.25, 0.3) is 0 Å². The molecule has 0 aliphatic carbocycles. The van der Waals surface area contributed by atoms with E-state index in [9.17, 15) is 9.59 Å². The van der Waals surface area contributed by atoms with Gasteiger partial charge < -0.3 is 0 Å². The molecular weight excluding hydrogens is 124 g/mol. The predicted octanol–water partition coefficient (Wildman–Crippen LogP) is 0.733. The van der Waals surface area contributed by atoms with E-state index < -0.39 is 0 Å². The van der Waals surface area contributed by atoms with Gasteiger partial charge in [0.25, 0.3) is 0 Å². The van der Waals surface area contributed by atoms with Gasteiger partial charge in [0, 0.05) is 11.6 Å². The number of carbonyl (C=O) groups is 2. The van der Waals surface area contributed by atoms with E-state index in [-0.39, 0.29) is 10.2 Å². The zero-order valence-corrected chi connectivity index (χ0v) is 5.12. The number of hydrogen-bond donors (Lipinski definition) is 0. The summed E-state index contributed by atoms with van der Waals surface area (Å²) < 4.78 is 0. The molecule has 0 fully saturated rings. The summed E-state index contributed by atoms with van der Waals surface area (Å²) in [5, 5.41) is -0.262. The van der Waals surface area contributed by atoms with Gasteiger partial charge in [0.05, 0.1) is 0 Å². The molecule has 0 aromatic carbocycles. The van der Waals surface area contributed by atoms with Gasteiger partial charge in [0.15, 0.2) is 0 Å². The van der Waals surface area contributed by atoms with Crippen LogP contribution in [-0.4, -0.2) is 10.2 Å². The summed E-state index contributed by atoms with van der Waals surface area (Å²) in [6.07, 6.45) is 1.35. The number of thioether (sulfide) groups is 1. The van der Waals surface area contributed by atoms with E-state index >= 15 is 0 Å². The van der Waals surface area contributed by atoms with Crippen molar-refractivity contribution < 1.29 is 9.59 Å². The predicted molar refractivity (Wildman–Crippen MR) is 31.4 cm³/mol. The minimum atomic E-state index is -0.146. The smallest absolute Gasteiger partial charge is 0.223 e. The first-order valence-electron chi connectivity index (χ1n) is 2.14. The third-order valence-electron chi connectivity index (χ3n) is 0.850. The minimum absolute atomic E-state index is 0.116. The Morgan fingerprint density at radius 2 is 2.12 bits per heavy atom. The first-order valence-corrected chi connectivity index (χ1v) is 2.96. The normalized spacial score (nSPS) is 19.4. The molecule has 0 N–H and O–H groups in total. The molecule has 0 atom stereocenters. The molecule has 0 aromatic rings. The van der Waals surface area contributed by atoms with Gasteiger partial charge in [0.2, 0.25) is 10.2 Å². The minimum Gasteiger partial charge on any atom is -0.282 e. The van der Waals surface area contributed by atoms with Crippen molar-refractivity contribution in [3.8, 4) is 0 Å². The quantitative estimate of drug-likeness (QED) is 0.482. The fourth-order valence-corrected chi connectivity index (χ4v) is 1.08. The summed E-state index contributed by atoms with van der Waals surface area (Å²) in [4.78, 5) is 20.8. The molecule has 3 heteroatoms.